The van der Waals surface area contributed by atoms with Gasteiger partial charge in [0.15, 0.2) is 0 Å². The van der Waals surface area contributed by atoms with Crippen LogP contribution in [0, 0.1) is 0 Å². The molecule has 0 spiro atoms. The van der Waals surface area contributed by atoms with Gasteiger partial charge in [0.2, 0.25) is 5.91 Å². The first kappa shape index (κ1) is 17.0. The van der Waals surface area contributed by atoms with E-state index in [1.54, 1.807) is 18.3 Å². The number of hydrogen-bond acceptors (Lipinski definition) is 4. The molecular formula is C18H21N3O4. The fourth-order valence-electron chi connectivity index (χ4n) is 3.21. The van der Waals surface area contributed by atoms with Crippen molar-refractivity contribution < 1.29 is 19.4 Å². The summed E-state index contributed by atoms with van der Waals surface area (Å²) in [7, 11) is 1.58. The zero-order valence-electron chi connectivity index (χ0n) is 14.3. The number of hydrogen-bond donors (Lipinski definition) is 1. The Hall–Kier alpha value is -2.83. The van der Waals surface area contributed by atoms with Crippen LogP contribution in [0.25, 0.3) is 0 Å². The lowest BCUT2D eigenvalue weighted by molar-refractivity contribution is -0.141. The van der Waals surface area contributed by atoms with Crippen molar-refractivity contribution in [3.05, 3.63) is 47.5 Å². The van der Waals surface area contributed by atoms with Crippen molar-refractivity contribution in [3.63, 3.8) is 0 Å². The maximum absolute atomic E-state index is 12.7. The third-order valence-electron chi connectivity index (χ3n) is 4.51. The molecule has 1 unspecified atom stereocenters. The van der Waals surface area contributed by atoms with Gasteiger partial charge in [-0.25, -0.2) is 4.98 Å². The number of rotatable bonds is 5. The Kier molecular flexibility index (Phi) is 4.74. The summed E-state index contributed by atoms with van der Waals surface area (Å²) < 4.78 is 7.02. The molecule has 1 N–H and O–H groups in total. The van der Waals surface area contributed by atoms with Crippen LogP contribution in [0.3, 0.4) is 0 Å². The number of carbonyl (C=O) groups is 2. The van der Waals surface area contributed by atoms with E-state index in [0.717, 1.165) is 5.56 Å². The highest BCUT2D eigenvalue weighted by atomic mass is 16.5. The van der Waals surface area contributed by atoms with E-state index in [-0.39, 0.29) is 18.9 Å². The summed E-state index contributed by atoms with van der Waals surface area (Å²) >= 11 is 0. The second-order valence-corrected chi connectivity index (χ2v) is 6.06. The molecule has 1 aliphatic rings. The lowest BCUT2D eigenvalue weighted by Crippen LogP contribution is -2.42. The van der Waals surface area contributed by atoms with Gasteiger partial charge >= 0.3 is 5.97 Å². The first-order valence-corrected chi connectivity index (χ1v) is 8.20. The minimum atomic E-state index is -0.935. The Morgan fingerprint density at radius 3 is 2.88 bits per heavy atom. The average Bonchev–Trinajstić information content (AvgIpc) is 3.03. The van der Waals surface area contributed by atoms with E-state index in [0.29, 0.717) is 30.2 Å². The molecule has 7 heteroatoms. The number of fused-ring (bicyclic) bond motifs is 1. The van der Waals surface area contributed by atoms with Crippen molar-refractivity contribution >= 4 is 11.9 Å². The molecule has 1 amide bonds. The number of benzene rings is 1. The first-order valence-electron chi connectivity index (χ1n) is 8.20. The van der Waals surface area contributed by atoms with E-state index in [2.05, 4.69) is 4.98 Å². The molecule has 0 aliphatic carbocycles. The number of aryl methyl sites for hydroxylation is 1. The van der Waals surface area contributed by atoms with Crippen molar-refractivity contribution in [2.24, 2.45) is 0 Å². The van der Waals surface area contributed by atoms with Crippen molar-refractivity contribution in [1.29, 1.82) is 0 Å². The number of carboxylic acids is 1. The zero-order valence-corrected chi connectivity index (χ0v) is 14.3. The Morgan fingerprint density at radius 1 is 1.40 bits per heavy atom. The summed E-state index contributed by atoms with van der Waals surface area (Å²) in [5.74, 6) is -1.11. The van der Waals surface area contributed by atoms with Gasteiger partial charge < -0.3 is 19.3 Å². The predicted octanol–water partition coefficient (Wildman–Crippen LogP) is 1.66. The SMILES string of the molecule is CCn1cnc2c1C(C(=O)O)CN(C(=O)Cc1cccc(OC)c1)C2. The van der Waals surface area contributed by atoms with Crippen LogP contribution in [-0.2, 0) is 29.1 Å². The molecule has 132 valence electrons. The van der Waals surface area contributed by atoms with Gasteiger partial charge in [-0.2, -0.15) is 0 Å². The van der Waals surface area contributed by atoms with Gasteiger partial charge in [-0.15, -0.1) is 0 Å². The molecule has 1 aliphatic heterocycles. The molecule has 1 aromatic heterocycles. The molecule has 0 bridgehead atoms. The minimum absolute atomic E-state index is 0.115. The van der Waals surface area contributed by atoms with E-state index in [4.69, 9.17) is 4.74 Å². The number of amides is 1. The standard InChI is InChI=1S/C18H21N3O4/c1-3-20-11-19-15-10-21(9-14(17(15)20)18(23)24)16(22)8-12-5-4-6-13(7-12)25-2/h4-7,11,14H,3,8-10H2,1-2H3,(H,23,24). The Labute approximate surface area is 145 Å². The van der Waals surface area contributed by atoms with Gasteiger partial charge in [-0.1, -0.05) is 12.1 Å². The van der Waals surface area contributed by atoms with Crippen LogP contribution in [0.15, 0.2) is 30.6 Å². The summed E-state index contributed by atoms with van der Waals surface area (Å²) in [6.45, 7) is 3.11. The topological polar surface area (TPSA) is 84.7 Å². The van der Waals surface area contributed by atoms with Crippen LogP contribution < -0.4 is 4.74 Å². The number of carboxylic acid groups (broad SMARTS) is 1. The molecule has 7 nitrogen and oxygen atoms in total. The Morgan fingerprint density at radius 2 is 2.20 bits per heavy atom. The van der Waals surface area contributed by atoms with Gasteiger partial charge in [0.25, 0.3) is 0 Å². The highest BCUT2D eigenvalue weighted by Gasteiger charge is 2.35. The van der Waals surface area contributed by atoms with Gasteiger partial charge in [0.05, 0.1) is 37.8 Å². The third kappa shape index (κ3) is 3.35. The van der Waals surface area contributed by atoms with Crippen LogP contribution >= 0.6 is 0 Å². The molecule has 1 atom stereocenters. The van der Waals surface area contributed by atoms with Gasteiger partial charge in [-0.3, -0.25) is 9.59 Å². The predicted molar refractivity (Wildman–Crippen MR) is 90.4 cm³/mol. The lowest BCUT2D eigenvalue weighted by Gasteiger charge is -2.31. The molecule has 3 rings (SSSR count). The van der Waals surface area contributed by atoms with Gasteiger partial charge in [0, 0.05) is 13.1 Å². The number of imidazole rings is 1. The normalized spacial score (nSPS) is 16.4. The molecule has 1 aromatic carbocycles. The highest BCUT2D eigenvalue weighted by Crippen LogP contribution is 2.28. The lowest BCUT2D eigenvalue weighted by atomic mass is 9.97. The molecule has 25 heavy (non-hydrogen) atoms. The molecular weight excluding hydrogens is 322 g/mol. The molecule has 0 saturated heterocycles. The van der Waals surface area contributed by atoms with E-state index in [1.165, 1.54) is 0 Å². The number of carbonyl (C=O) groups excluding carboxylic acids is 1. The van der Waals surface area contributed by atoms with E-state index < -0.39 is 11.9 Å². The number of aromatic nitrogens is 2. The van der Waals surface area contributed by atoms with Crippen LogP contribution in [0.1, 0.15) is 29.8 Å². The smallest absolute Gasteiger partial charge is 0.314 e. The molecule has 0 radical (unpaired) electrons. The highest BCUT2D eigenvalue weighted by molar-refractivity contribution is 5.82. The van der Waals surface area contributed by atoms with Crippen LogP contribution in [0.5, 0.6) is 5.75 Å². The molecule has 0 saturated carbocycles. The van der Waals surface area contributed by atoms with Crippen LogP contribution in [-0.4, -0.2) is 45.1 Å². The first-order chi connectivity index (χ1) is 12.0. The van der Waals surface area contributed by atoms with Crippen molar-refractivity contribution in [3.8, 4) is 5.75 Å². The van der Waals surface area contributed by atoms with Crippen molar-refractivity contribution in [2.75, 3.05) is 13.7 Å². The van der Waals surface area contributed by atoms with Crippen molar-refractivity contribution in [2.45, 2.75) is 32.4 Å². The maximum Gasteiger partial charge on any atom is 0.314 e. The Bertz CT molecular complexity index is 799. The van der Waals surface area contributed by atoms with Crippen LogP contribution in [0.4, 0.5) is 0 Å². The van der Waals surface area contributed by atoms with Crippen LogP contribution in [0.2, 0.25) is 0 Å². The summed E-state index contributed by atoms with van der Waals surface area (Å²) in [4.78, 5) is 30.3. The molecule has 0 fully saturated rings. The van der Waals surface area contributed by atoms with Crippen molar-refractivity contribution in [1.82, 2.24) is 14.5 Å². The second-order valence-electron chi connectivity index (χ2n) is 6.06. The average molecular weight is 343 g/mol. The summed E-state index contributed by atoms with van der Waals surface area (Å²) in [5, 5.41) is 9.59. The maximum atomic E-state index is 12.7. The zero-order chi connectivity index (χ0) is 18.0. The summed E-state index contributed by atoms with van der Waals surface area (Å²) in [5.41, 5.74) is 2.21. The Balaban J connectivity index is 1.81. The largest absolute Gasteiger partial charge is 0.497 e. The number of nitrogens with zero attached hydrogens (tertiary/aromatic N) is 3. The summed E-state index contributed by atoms with van der Waals surface area (Å²) in [6.07, 6.45) is 1.85. The van der Waals surface area contributed by atoms with Gasteiger partial charge in [-0.05, 0) is 24.6 Å². The summed E-state index contributed by atoms with van der Waals surface area (Å²) in [6, 6.07) is 7.32. The monoisotopic (exact) mass is 343 g/mol. The van der Waals surface area contributed by atoms with E-state index in [9.17, 15) is 14.7 Å². The second kappa shape index (κ2) is 6.96. The number of ether oxygens (including phenoxy) is 1. The minimum Gasteiger partial charge on any atom is -0.497 e. The molecule has 2 aromatic rings. The quantitative estimate of drug-likeness (QED) is 0.892. The third-order valence-corrected chi connectivity index (χ3v) is 4.51. The van der Waals surface area contributed by atoms with Gasteiger partial charge in [0.1, 0.15) is 11.7 Å². The fraction of sp³-hybridized carbons (Fsp3) is 0.389. The number of methoxy groups -OCH3 is 1. The fourth-order valence-corrected chi connectivity index (χ4v) is 3.21. The number of aliphatic carboxylic acids is 1. The van der Waals surface area contributed by atoms with E-state index in [1.807, 2.05) is 35.8 Å². The molecule has 2 heterocycles. The van der Waals surface area contributed by atoms with E-state index >= 15 is 0 Å².